The molecule has 1 heterocycles. The lowest BCUT2D eigenvalue weighted by atomic mass is 10.0. The van der Waals surface area contributed by atoms with Gasteiger partial charge in [-0.15, -0.1) is 0 Å². The summed E-state index contributed by atoms with van der Waals surface area (Å²) >= 11 is 0. The standard InChI is InChI=1S/C16H16FNO2/c1-3-6-20-14-8-13(9-18-10-14)16(19)12-4-5-15(17)11(2)7-12/h4-5,7-10H,3,6H2,1-2H3. The molecule has 20 heavy (non-hydrogen) atoms. The third-order valence-corrected chi connectivity index (χ3v) is 2.87. The van der Waals surface area contributed by atoms with Crippen LogP contribution in [-0.2, 0) is 0 Å². The number of hydrogen-bond donors (Lipinski definition) is 0. The number of carbonyl (C=O) groups excluding carboxylic acids is 1. The summed E-state index contributed by atoms with van der Waals surface area (Å²) in [6.45, 7) is 4.21. The van der Waals surface area contributed by atoms with Gasteiger partial charge in [-0.1, -0.05) is 6.92 Å². The summed E-state index contributed by atoms with van der Waals surface area (Å²) < 4.78 is 18.7. The molecule has 0 aliphatic carbocycles. The molecule has 1 aromatic heterocycles. The summed E-state index contributed by atoms with van der Waals surface area (Å²) in [5, 5.41) is 0. The van der Waals surface area contributed by atoms with Crippen molar-refractivity contribution in [3.63, 3.8) is 0 Å². The molecule has 0 amide bonds. The van der Waals surface area contributed by atoms with Crippen molar-refractivity contribution >= 4 is 5.78 Å². The Bertz CT molecular complexity index is 626. The Morgan fingerprint density at radius 3 is 2.75 bits per heavy atom. The van der Waals surface area contributed by atoms with Crippen LogP contribution in [0, 0.1) is 12.7 Å². The fourth-order valence-corrected chi connectivity index (χ4v) is 1.79. The lowest BCUT2D eigenvalue weighted by Gasteiger charge is -2.06. The summed E-state index contributed by atoms with van der Waals surface area (Å²) in [4.78, 5) is 16.3. The minimum absolute atomic E-state index is 0.192. The molecule has 0 saturated carbocycles. The van der Waals surface area contributed by atoms with Gasteiger partial charge in [-0.05, 0) is 43.2 Å². The van der Waals surface area contributed by atoms with Crippen molar-refractivity contribution < 1.29 is 13.9 Å². The fraction of sp³-hybridized carbons (Fsp3) is 0.250. The molecule has 0 aliphatic heterocycles. The molecule has 0 bridgehead atoms. The van der Waals surface area contributed by atoms with E-state index < -0.39 is 0 Å². The number of pyridine rings is 1. The van der Waals surface area contributed by atoms with Gasteiger partial charge >= 0.3 is 0 Å². The van der Waals surface area contributed by atoms with Gasteiger partial charge < -0.3 is 4.74 Å². The van der Waals surface area contributed by atoms with E-state index in [-0.39, 0.29) is 11.6 Å². The van der Waals surface area contributed by atoms with E-state index >= 15 is 0 Å². The van der Waals surface area contributed by atoms with Gasteiger partial charge in [0.2, 0.25) is 0 Å². The molecule has 0 N–H and O–H groups in total. The molecular weight excluding hydrogens is 257 g/mol. The van der Waals surface area contributed by atoms with Gasteiger partial charge in [-0.3, -0.25) is 9.78 Å². The number of rotatable bonds is 5. The average molecular weight is 273 g/mol. The zero-order valence-electron chi connectivity index (χ0n) is 11.5. The van der Waals surface area contributed by atoms with Crippen LogP contribution >= 0.6 is 0 Å². The Morgan fingerprint density at radius 1 is 1.25 bits per heavy atom. The smallest absolute Gasteiger partial charge is 0.194 e. The van der Waals surface area contributed by atoms with Crippen molar-refractivity contribution in [2.45, 2.75) is 20.3 Å². The van der Waals surface area contributed by atoms with E-state index in [1.807, 2.05) is 6.92 Å². The summed E-state index contributed by atoms with van der Waals surface area (Å²) in [5.41, 5.74) is 1.32. The highest BCUT2D eigenvalue weighted by Gasteiger charge is 2.12. The first-order chi connectivity index (χ1) is 9.61. The third-order valence-electron chi connectivity index (χ3n) is 2.87. The Labute approximate surface area is 117 Å². The Kier molecular flexibility index (Phi) is 4.45. The first kappa shape index (κ1) is 14.2. The topological polar surface area (TPSA) is 39.2 Å². The maximum atomic E-state index is 13.2. The van der Waals surface area contributed by atoms with Gasteiger partial charge in [-0.2, -0.15) is 0 Å². The summed E-state index contributed by atoms with van der Waals surface area (Å²) in [7, 11) is 0. The molecule has 2 rings (SSSR count). The molecular formula is C16H16FNO2. The summed E-state index contributed by atoms with van der Waals surface area (Å²) in [5.74, 6) is 0.0544. The quantitative estimate of drug-likeness (QED) is 0.782. The summed E-state index contributed by atoms with van der Waals surface area (Å²) in [6, 6.07) is 5.97. The van der Waals surface area contributed by atoms with Gasteiger partial charge in [0.15, 0.2) is 5.78 Å². The maximum absolute atomic E-state index is 13.2. The number of ether oxygens (including phenoxy) is 1. The van der Waals surface area contributed by atoms with Gasteiger partial charge in [0.25, 0.3) is 0 Å². The molecule has 0 saturated heterocycles. The predicted octanol–water partition coefficient (Wildman–Crippen LogP) is 3.55. The van der Waals surface area contributed by atoms with Crippen LogP contribution in [0.2, 0.25) is 0 Å². The lowest BCUT2D eigenvalue weighted by molar-refractivity contribution is 0.103. The zero-order chi connectivity index (χ0) is 14.5. The Balaban J connectivity index is 2.26. The molecule has 104 valence electrons. The second-order valence-corrected chi connectivity index (χ2v) is 4.55. The van der Waals surface area contributed by atoms with Crippen molar-refractivity contribution in [2.24, 2.45) is 0 Å². The van der Waals surface area contributed by atoms with Crippen LogP contribution in [0.25, 0.3) is 0 Å². The average Bonchev–Trinajstić information content (AvgIpc) is 2.47. The maximum Gasteiger partial charge on any atom is 0.194 e. The van der Waals surface area contributed by atoms with E-state index in [1.165, 1.54) is 24.4 Å². The van der Waals surface area contributed by atoms with E-state index in [4.69, 9.17) is 4.74 Å². The van der Waals surface area contributed by atoms with Crippen LogP contribution < -0.4 is 4.74 Å². The van der Waals surface area contributed by atoms with Crippen LogP contribution in [0.5, 0.6) is 5.75 Å². The molecule has 4 heteroatoms. The van der Waals surface area contributed by atoms with E-state index in [2.05, 4.69) is 4.98 Å². The van der Waals surface area contributed by atoms with Crippen LogP contribution in [0.1, 0.15) is 34.8 Å². The minimum atomic E-state index is -0.320. The number of carbonyl (C=O) groups is 1. The first-order valence-corrected chi connectivity index (χ1v) is 6.50. The van der Waals surface area contributed by atoms with E-state index in [0.717, 1.165) is 6.42 Å². The minimum Gasteiger partial charge on any atom is -0.492 e. The number of hydrogen-bond acceptors (Lipinski definition) is 3. The molecule has 0 spiro atoms. The van der Waals surface area contributed by atoms with Crippen molar-refractivity contribution in [2.75, 3.05) is 6.61 Å². The number of ketones is 1. The van der Waals surface area contributed by atoms with Crippen LogP contribution in [0.15, 0.2) is 36.7 Å². The normalized spacial score (nSPS) is 10.3. The molecule has 0 atom stereocenters. The molecule has 2 aromatic rings. The number of aryl methyl sites for hydroxylation is 1. The van der Waals surface area contributed by atoms with Gasteiger partial charge in [0.05, 0.1) is 12.8 Å². The highest BCUT2D eigenvalue weighted by atomic mass is 19.1. The Hall–Kier alpha value is -2.23. The zero-order valence-corrected chi connectivity index (χ0v) is 11.5. The number of aromatic nitrogens is 1. The monoisotopic (exact) mass is 273 g/mol. The molecule has 0 fully saturated rings. The lowest BCUT2D eigenvalue weighted by Crippen LogP contribution is -2.04. The van der Waals surface area contributed by atoms with E-state index in [0.29, 0.717) is 29.0 Å². The molecule has 3 nitrogen and oxygen atoms in total. The second kappa shape index (κ2) is 6.28. The number of nitrogens with zero attached hydrogens (tertiary/aromatic N) is 1. The molecule has 0 unspecified atom stereocenters. The Morgan fingerprint density at radius 2 is 2.05 bits per heavy atom. The predicted molar refractivity (Wildman–Crippen MR) is 74.6 cm³/mol. The van der Waals surface area contributed by atoms with Gasteiger partial charge in [0.1, 0.15) is 11.6 Å². The largest absolute Gasteiger partial charge is 0.492 e. The third kappa shape index (κ3) is 3.20. The number of halogens is 1. The van der Waals surface area contributed by atoms with Crippen LogP contribution in [0.4, 0.5) is 4.39 Å². The summed E-state index contributed by atoms with van der Waals surface area (Å²) in [6.07, 6.45) is 3.94. The SMILES string of the molecule is CCCOc1cncc(C(=O)c2ccc(F)c(C)c2)c1. The van der Waals surface area contributed by atoms with Gasteiger partial charge in [0, 0.05) is 17.3 Å². The van der Waals surface area contributed by atoms with Crippen molar-refractivity contribution in [1.29, 1.82) is 0 Å². The van der Waals surface area contributed by atoms with Crippen molar-refractivity contribution in [3.05, 3.63) is 59.2 Å². The first-order valence-electron chi connectivity index (χ1n) is 6.50. The molecule has 1 aromatic carbocycles. The molecule has 0 aliphatic rings. The highest BCUT2D eigenvalue weighted by Crippen LogP contribution is 2.17. The van der Waals surface area contributed by atoms with Crippen molar-refractivity contribution in [1.82, 2.24) is 4.98 Å². The van der Waals surface area contributed by atoms with Gasteiger partial charge in [-0.25, -0.2) is 4.39 Å². The van der Waals surface area contributed by atoms with E-state index in [9.17, 15) is 9.18 Å². The fourth-order valence-electron chi connectivity index (χ4n) is 1.79. The second-order valence-electron chi connectivity index (χ2n) is 4.55. The van der Waals surface area contributed by atoms with E-state index in [1.54, 1.807) is 19.2 Å². The molecule has 0 radical (unpaired) electrons. The van der Waals surface area contributed by atoms with Crippen LogP contribution in [0.3, 0.4) is 0 Å². The highest BCUT2D eigenvalue weighted by molar-refractivity contribution is 6.09. The van der Waals surface area contributed by atoms with Crippen molar-refractivity contribution in [3.8, 4) is 5.75 Å². The number of benzene rings is 1. The van der Waals surface area contributed by atoms with Crippen LogP contribution in [-0.4, -0.2) is 17.4 Å².